The molecule has 0 bridgehead atoms. The molecule has 0 aromatic heterocycles. The minimum atomic E-state index is -1.00. The lowest BCUT2D eigenvalue weighted by atomic mass is 10.2. The summed E-state index contributed by atoms with van der Waals surface area (Å²) in [6.07, 6.45) is 0. The van der Waals surface area contributed by atoms with Crippen molar-refractivity contribution < 1.29 is 19.8 Å². The lowest BCUT2D eigenvalue weighted by Gasteiger charge is -2.37. The summed E-state index contributed by atoms with van der Waals surface area (Å²) in [5.74, 6) is -0.975. The highest BCUT2D eigenvalue weighted by atomic mass is 79.9. The van der Waals surface area contributed by atoms with Crippen molar-refractivity contribution in [1.82, 2.24) is 9.80 Å². The van der Waals surface area contributed by atoms with Crippen LogP contribution in [-0.4, -0.2) is 68.1 Å². The van der Waals surface area contributed by atoms with E-state index in [9.17, 15) is 9.59 Å². The van der Waals surface area contributed by atoms with Gasteiger partial charge in [-0.1, -0.05) is 15.9 Å². The largest absolute Gasteiger partial charge is 0.395 e. The molecule has 16 heavy (non-hydrogen) atoms. The van der Waals surface area contributed by atoms with Gasteiger partial charge in [0, 0.05) is 0 Å². The second kappa shape index (κ2) is 5.67. The Morgan fingerprint density at radius 1 is 1.12 bits per heavy atom. The van der Waals surface area contributed by atoms with Crippen LogP contribution in [0.2, 0.25) is 0 Å². The van der Waals surface area contributed by atoms with E-state index in [0.717, 1.165) is 9.80 Å². The van der Waals surface area contributed by atoms with Gasteiger partial charge in [0.05, 0.1) is 26.3 Å². The van der Waals surface area contributed by atoms with Crippen molar-refractivity contribution in [2.45, 2.75) is 4.83 Å². The van der Waals surface area contributed by atoms with Gasteiger partial charge in [0.25, 0.3) is 11.8 Å². The first-order valence-corrected chi connectivity index (χ1v) is 5.89. The molecule has 1 aliphatic heterocycles. The third-order valence-electron chi connectivity index (χ3n) is 2.07. The van der Waals surface area contributed by atoms with Crippen LogP contribution in [0.5, 0.6) is 0 Å². The Kier molecular flexibility index (Phi) is 4.78. The standard InChI is InChI=1S/C8H11BrN2O4S/c9-5-6(14)10(1-3-12)8(16)11(2-4-13)7(5)15/h5,12-13H,1-4H2. The third-order valence-corrected chi connectivity index (χ3v) is 3.30. The molecule has 0 radical (unpaired) electrons. The lowest BCUT2D eigenvalue weighted by molar-refractivity contribution is -0.139. The number of rotatable bonds is 4. The maximum Gasteiger partial charge on any atom is 0.252 e. The Balaban J connectivity index is 2.93. The maximum absolute atomic E-state index is 11.7. The van der Waals surface area contributed by atoms with Crippen molar-refractivity contribution in [3.05, 3.63) is 0 Å². The minimum absolute atomic E-state index is 0.0220. The van der Waals surface area contributed by atoms with Crippen LogP contribution in [0, 0.1) is 0 Å². The van der Waals surface area contributed by atoms with E-state index in [2.05, 4.69) is 15.9 Å². The zero-order valence-electron chi connectivity index (χ0n) is 8.30. The van der Waals surface area contributed by atoms with Gasteiger partial charge in [-0.25, -0.2) is 0 Å². The number of thiocarbonyl (C=S) groups is 1. The van der Waals surface area contributed by atoms with E-state index in [1.165, 1.54) is 0 Å². The molecule has 1 heterocycles. The maximum atomic E-state index is 11.7. The van der Waals surface area contributed by atoms with Gasteiger partial charge < -0.3 is 10.2 Å². The fraction of sp³-hybridized carbons (Fsp3) is 0.625. The van der Waals surface area contributed by atoms with Crippen LogP contribution < -0.4 is 0 Å². The zero-order chi connectivity index (χ0) is 12.3. The predicted octanol–water partition coefficient (Wildman–Crippen LogP) is -1.31. The number of amides is 2. The van der Waals surface area contributed by atoms with E-state index in [0.29, 0.717) is 0 Å². The number of nitrogens with zero attached hydrogens (tertiary/aromatic N) is 2. The van der Waals surface area contributed by atoms with Crippen LogP contribution in [0.3, 0.4) is 0 Å². The average molecular weight is 311 g/mol. The predicted molar refractivity (Wildman–Crippen MR) is 62.9 cm³/mol. The summed E-state index contributed by atoms with van der Waals surface area (Å²) in [6.45, 7) is -0.413. The molecule has 90 valence electrons. The van der Waals surface area contributed by atoms with Crippen LogP contribution in [-0.2, 0) is 9.59 Å². The van der Waals surface area contributed by atoms with Gasteiger partial charge >= 0.3 is 0 Å². The fourth-order valence-electron chi connectivity index (χ4n) is 1.33. The SMILES string of the molecule is O=C1C(Br)C(=O)N(CCO)C(=S)N1CCO. The van der Waals surface area contributed by atoms with Gasteiger partial charge in [0.2, 0.25) is 0 Å². The second-order valence-corrected chi connectivity index (χ2v) is 4.35. The molecule has 0 unspecified atom stereocenters. The van der Waals surface area contributed by atoms with Crippen molar-refractivity contribution >= 4 is 45.1 Å². The second-order valence-electron chi connectivity index (χ2n) is 3.07. The molecule has 1 saturated heterocycles. The van der Waals surface area contributed by atoms with Gasteiger partial charge in [-0.15, -0.1) is 0 Å². The first-order valence-electron chi connectivity index (χ1n) is 4.57. The molecule has 0 saturated carbocycles. The summed E-state index contributed by atoms with van der Waals surface area (Å²) in [4.78, 5) is 24.6. The van der Waals surface area contributed by atoms with Gasteiger partial charge in [-0.2, -0.15) is 0 Å². The van der Waals surface area contributed by atoms with Crippen molar-refractivity contribution in [3.8, 4) is 0 Å². The topological polar surface area (TPSA) is 81.1 Å². The molecule has 2 N–H and O–H groups in total. The van der Waals surface area contributed by atoms with Crippen LogP contribution in [0.4, 0.5) is 0 Å². The van der Waals surface area contributed by atoms with Crippen molar-refractivity contribution in [2.75, 3.05) is 26.3 Å². The number of aliphatic hydroxyl groups is 2. The van der Waals surface area contributed by atoms with Crippen LogP contribution >= 0.6 is 28.1 Å². The molecule has 0 aromatic carbocycles. The number of hydrogen-bond acceptors (Lipinski definition) is 5. The number of carbonyl (C=O) groups is 2. The summed E-state index contributed by atoms with van der Waals surface area (Å²) in [6, 6.07) is 0. The smallest absolute Gasteiger partial charge is 0.252 e. The number of hydrogen-bond donors (Lipinski definition) is 2. The normalized spacial score (nSPS) is 18.6. The Morgan fingerprint density at radius 3 is 1.81 bits per heavy atom. The highest BCUT2D eigenvalue weighted by Crippen LogP contribution is 2.18. The molecule has 0 atom stereocenters. The number of aliphatic hydroxyl groups excluding tert-OH is 2. The van der Waals surface area contributed by atoms with Crippen molar-refractivity contribution in [3.63, 3.8) is 0 Å². The minimum Gasteiger partial charge on any atom is -0.395 e. The van der Waals surface area contributed by atoms with Gasteiger partial charge in [-0.05, 0) is 12.2 Å². The van der Waals surface area contributed by atoms with Crippen LogP contribution in [0.25, 0.3) is 0 Å². The number of carbonyl (C=O) groups excluding carboxylic acids is 2. The quantitative estimate of drug-likeness (QED) is 0.383. The summed E-state index contributed by atoms with van der Waals surface area (Å²) < 4.78 is 0. The van der Waals surface area contributed by atoms with E-state index in [4.69, 9.17) is 22.4 Å². The molecule has 2 amide bonds. The summed E-state index contributed by atoms with van der Waals surface area (Å²) in [5.41, 5.74) is 0. The molecule has 1 fully saturated rings. The fourth-order valence-corrected chi connectivity index (χ4v) is 2.18. The summed E-state index contributed by atoms with van der Waals surface area (Å²) in [7, 11) is 0. The number of alkyl halides is 1. The first-order chi connectivity index (χ1) is 7.54. The molecular formula is C8H11BrN2O4S. The number of halogens is 1. The third kappa shape index (κ3) is 2.40. The summed E-state index contributed by atoms with van der Waals surface area (Å²) in [5, 5.41) is 17.6. The van der Waals surface area contributed by atoms with Gasteiger partial charge in [-0.3, -0.25) is 19.4 Å². The summed E-state index contributed by atoms with van der Waals surface area (Å²) >= 11 is 7.92. The molecule has 0 aliphatic carbocycles. The molecule has 0 aromatic rings. The van der Waals surface area contributed by atoms with Gasteiger partial charge in [0.1, 0.15) is 0 Å². The Bertz CT molecular complexity index is 297. The molecule has 1 rings (SSSR count). The van der Waals surface area contributed by atoms with Crippen molar-refractivity contribution in [2.24, 2.45) is 0 Å². The average Bonchev–Trinajstić information content (AvgIpc) is 2.28. The lowest BCUT2D eigenvalue weighted by Crippen LogP contribution is -2.61. The Hall–Kier alpha value is -0.570. The highest BCUT2D eigenvalue weighted by molar-refractivity contribution is 9.10. The molecule has 1 aliphatic rings. The monoisotopic (exact) mass is 310 g/mol. The van der Waals surface area contributed by atoms with Gasteiger partial charge in [0.15, 0.2) is 9.94 Å². The van der Waals surface area contributed by atoms with E-state index in [-0.39, 0.29) is 31.4 Å². The van der Waals surface area contributed by atoms with E-state index in [1.54, 1.807) is 0 Å². The molecule has 6 nitrogen and oxygen atoms in total. The van der Waals surface area contributed by atoms with Crippen molar-refractivity contribution in [1.29, 1.82) is 0 Å². The molecular weight excluding hydrogens is 300 g/mol. The van der Waals surface area contributed by atoms with Crippen LogP contribution in [0.15, 0.2) is 0 Å². The zero-order valence-corrected chi connectivity index (χ0v) is 10.7. The molecule has 8 heteroatoms. The highest BCUT2D eigenvalue weighted by Gasteiger charge is 2.41. The number of β-amino-alcohol motifs (C(OH)–C–C–N with tert-alkyl or cyclic N) is 2. The van der Waals surface area contributed by atoms with E-state index >= 15 is 0 Å². The first kappa shape index (κ1) is 13.5. The van der Waals surface area contributed by atoms with E-state index in [1.807, 2.05) is 0 Å². The van der Waals surface area contributed by atoms with Crippen LogP contribution in [0.1, 0.15) is 0 Å². The van der Waals surface area contributed by atoms with E-state index < -0.39 is 16.6 Å². The Morgan fingerprint density at radius 2 is 1.50 bits per heavy atom. The molecule has 0 spiro atoms. The Labute approximate surface area is 106 Å².